The van der Waals surface area contributed by atoms with Crippen molar-refractivity contribution in [1.82, 2.24) is 30.9 Å². The van der Waals surface area contributed by atoms with E-state index in [0.717, 1.165) is 26.7 Å². The molecule has 1 unspecified atom stereocenters. The fourth-order valence-electron chi connectivity index (χ4n) is 4.73. The van der Waals surface area contributed by atoms with Crippen molar-refractivity contribution in [2.45, 2.75) is 41.7 Å². The molecule has 1 aromatic rings. The molecule has 3 saturated heterocycles. The Morgan fingerprint density at radius 3 is 2.49 bits per heavy atom. The van der Waals surface area contributed by atoms with Crippen LogP contribution in [0.3, 0.4) is 0 Å². The van der Waals surface area contributed by atoms with Crippen molar-refractivity contribution in [1.29, 1.82) is 0 Å². The lowest BCUT2D eigenvalue weighted by Crippen LogP contribution is -2.79. The Morgan fingerprint density at radius 2 is 1.94 bits per heavy atom. The molecule has 0 aromatic heterocycles. The highest BCUT2D eigenvalue weighted by Crippen LogP contribution is 2.55. The first-order chi connectivity index (χ1) is 16.6. The second-order valence-electron chi connectivity index (χ2n) is 8.64. The number of fused-ring (bicyclic) bond motifs is 1. The Bertz CT molecular complexity index is 1090. The second-order valence-corrected chi connectivity index (χ2v) is 10.4. The van der Waals surface area contributed by atoms with Gasteiger partial charge >= 0.3 is 12.0 Å². The van der Waals surface area contributed by atoms with Crippen LogP contribution >= 0.6 is 11.8 Å². The monoisotopic (exact) mass is 504 g/mol. The molecule has 3 aliphatic heterocycles. The number of hydrogen-bond acceptors (Lipinski definition) is 7. The molecule has 0 saturated carbocycles. The van der Waals surface area contributed by atoms with Gasteiger partial charge in [0.2, 0.25) is 24.4 Å². The van der Waals surface area contributed by atoms with Crippen molar-refractivity contribution in [3.63, 3.8) is 0 Å². The summed E-state index contributed by atoms with van der Waals surface area (Å²) in [4.78, 5) is 75.3. The van der Waals surface area contributed by atoms with Crippen LogP contribution < -0.4 is 16.0 Å². The zero-order valence-corrected chi connectivity index (χ0v) is 19.7. The number of carbonyl (C=O) groups excluding carboxylic acids is 5. The van der Waals surface area contributed by atoms with E-state index in [9.17, 15) is 33.9 Å². The van der Waals surface area contributed by atoms with Crippen LogP contribution in [0.2, 0.25) is 0 Å². The van der Waals surface area contributed by atoms with E-state index in [1.807, 2.05) is 0 Å². The number of nitrogens with one attached hydrogen (secondary N) is 3. The van der Waals surface area contributed by atoms with Crippen molar-refractivity contribution in [3.8, 4) is 0 Å². The summed E-state index contributed by atoms with van der Waals surface area (Å²) in [6.45, 7) is 3.62. The van der Waals surface area contributed by atoms with Crippen LogP contribution in [0, 0.1) is 0 Å². The lowest BCUT2D eigenvalue weighted by atomic mass is 9.88. The topological polar surface area (TPSA) is 168 Å². The number of hydrogen-bond donors (Lipinski definition) is 4. The quantitative estimate of drug-likeness (QED) is 0.241. The first-order valence-corrected chi connectivity index (χ1v) is 11.6. The first kappa shape index (κ1) is 24.3. The molecule has 0 aliphatic carbocycles. The molecule has 6 amide bonds. The van der Waals surface area contributed by atoms with Gasteiger partial charge in [0.15, 0.2) is 6.04 Å². The molecule has 0 radical (unpaired) electrons. The molecule has 1 aromatic carbocycles. The molecule has 3 fully saturated rings. The van der Waals surface area contributed by atoms with Crippen molar-refractivity contribution >= 4 is 48.4 Å². The molecule has 0 bridgehead atoms. The first-order valence-electron chi connectivity index (χ1n) is 10.7. The van der Waals surface area contributed by atoms with Gasteiger partial charge in [0.25, 0.3) is 5.91 Å². The van der Waals surface area contributed by atoms with E-state index in [4.69, 9.17) is 0 Å². The van der Waals surface area contributed by atoms with Crippen molar-refractivity contribution in [2.75, 3.05) is 13.1 Å². The van der Waals surface area contributed by atoms with Crippen molar-refractivity contribution < 1.29 is 33.9 Å². The number of nitrogens with zero attached hydrogens (tertiary/aromatic N) is 3. The smallest absolute Gasteiger partial charge is 0.352 e. The highest BCUT2D eigenvalue weighted by Gasteiger charge is 2.73. The molecule has 3 heterocycles. The van der Waals surface area contributed by atoms with E-state index in [0.29, 0.717) is 12.0 Å². The Hall–Kier alpha value is -3.81. The van der Waals surface area contributed by atoms with Gasteiger partial charge in [-0.05, 0) is 19.4 Å². The van der Waals surface area contributed by atoms with E-state index in [-0.39, 0.29) is 19.5 Å². The van der Waals surface area contributed by atoms with Gasteiger partial charge in [-0.3, -0.25) is 24.1 Å². The fourth-order valence-corrected chi connectivity index (χ4v) is 6.44. The zero-order valence-electron chi connectivity index (χ0n) is 18.8. The van der Waals surface area contributed by atoms with Gasteiger partial charge < -0.3 is 21.1 Å². The maximum absolute atomic E-state index is 13.5. The van der Waals surface area contributed by atoms with Crippen LogP contribution in [0.15, 0.2) is 30.3 Å². The van der Waals surface area contributed by atoms with Crippen LogP contribution in [0.25, 0.3) is 0 Å². The van der Waals surface area contributed by atoms with Crippen molar-refractivity contribution in [2.24, 2.45) is 0 Å². The van der Waals surface area contributed by atoms with E-state index in [1.54, 1.807) is 44.2 Å². The van der Waals surface area contributed by atoms with Gasteiger partial charge in [0.1, 0.15) is 11.4 Å². The number of aliphatic carboxylic acids is 1. The van der Waals surface area contributed by atoms with Crippen LogP contribution in [-0.4, -0.2) is 91.6 Å². The van der Waals surface area contributed by atoms with Crippen LogP contribution in [0.5, 0.6) is 0 Å². The third-order valence-corrected chi connectivity index (χ3v) is 8.02. The lowest BCUT2D eigenvalue weighted by Gasteiger charge is -2.49. The Kier molecular flexibility index (Phi) is 6.09. The molecule has 13 nitrogen and oxygen atoms in total. The number of β-lactam (4-membered cyclic amide) rings is 1. The number of carbonyl (C=O) groups is 6. The van der Waals surface area contributed by atoms with Crippen LogP contribution in [0.4, 0.5) is 4.79 Å². The summed E-state index contributed by atoms with van der Waals surface area (Å²) in [5.74, 6) is -2.82. The van der Waals surface area contributed by atoms with Gasteiger partial charge in [-0.2, -0.15) is 0 Å². The third kappa shape index (κ3) is 3.55. The van der Waals surface area contributed by atoms with Gasteiger partial charge in [-0.15, -0.1) is 11.8 Å². The predicted molar refractivity (Wildman–Crippen MR) is 121 cm³/mol. The minimum absolute atomic E-state index is 0.162. The summed E-state index contributed by atoms with van der Waals surface area (Å²) in [5, 5.41) is 18.7. The summed E-state index contributed by atoms with van der Waals surface area (Å²) in [6, 6.07) is 5.37. The number of thioether (sulfide) groups is 1. The van der Waals surface area contributed by atoms with Gasteiger partial charge in [-0.1, -0.05) is 30.3 Å². The lowest BCUT2D eigenvalue weighted by molar-refractivity contribution is -0.176. The standard InChI is InChI=1S/C21H24N6O7S/c1-20(2)21(18(32)33,23-10-28)27-16(31)13(17(27)35-20)24-15(30)14(12-6-4-3-5-7-12)26(11-29)25-9-8-22-19(25)34/h3-7,10-11,13-14,17H,8-9H2,1-2H3,(H,22,34)(H,23,28)(H,24,30)(H,32,33)/t13-,14?,17-,21+/m1/s1. The Morgan fingerprint density at radius 1 is 1.26 bits per heavy atom. The molecule has 14 heteroatoms. The largest absolute Gasteiger partial charge is 0.478 e. The summed E-state index contributed by atoms with van der Waals surface area (Å²) >= 11 is 1.12. The minimum atomic E-state index is -2.00. The van der Waals surface area contributed by atoms with E-state index >= 15 is 0 Å². The maximum Gasteiger partial charge on any atom is 0.352 e. The highest BCUT2D eigenvalue weighted by molar-refractivity contribution is 8.01. The highest BCUT2D eigenvalue weighted by atomic mass is 32.2. The van der Waals surface area contributed by atoms with Gasteiger partial charge in [0.05, 0.1) is 11.3 Å². The Balaban J connectivity index is 1.63. The Labute approximate surface area is 204 Å². The fraction of sp³-hybridized carbons (Fsp3) is 0.429. The SMILES string of the molecule is CC1(C)S[C@@H]2[C@H](NC(=O)C(c3ccccc3)N(C=O)N3CCNC3=O)C(=O)N2[C@@]1(NC=O)C(=O)O. The second kappa shape index (κ2) is 8.76. The third-order valence-electron chi connectivity index (χ3n) is 6.42. The average Bonchev–Trinajstić information content (AvgIpc) is 3.33. The van der Waals surface area contributed by atoms with Crippen LogP contribution in [-0.2, 0) is 24.0 Å². The van der Waals surface area contributed by atoms with Crippen molar-refractivity contribution in [3.05, 3.63) is 35.9 Å². The van der Waals surface area contributed by atoms with E-state index < -0.39 is 51.7 Å². The summed E-state index contributed by atoms with van der Waals surface area (Å²) in [6.07, 6.45) is 0.598. The summed E-state index contributed by atoms with van der Waals surface area (Å²) < 4.78 is -1.12. The predicted octanol–water partition coefficient (Wildman–Crippen LogP) is -1.17. The van der Waals surface area contributed by atoms with E-state index in [1.165, 1.54) is 0 Å². The number of carboxylic acids is 1. The molecule has 186 valence electrons. The molecule has 3 aliphatic rings. The number of carboxylic acid groups (broad SMARTS) is 1. The van der Waals surface area contributed by atoms with Crippen LogP contribution in [0.1, 0.15) is 25.5 Å². The number of urea groups is 1. The molecule has 0 spiro atoms. The molecule has 35 heavy (non-hydrogen) atoms. The normalized spacial score (nSPS) is 27.3. The average molecular weight is 505 g/mol. The summed E-state index contributed by atoms with van der Waals surface area (Å²) in [5.41, 5.74) is -1.59. The van der Waals surface area contributed by atoms with Gasteiger partial charge in [0, 0.05) is 6.54 Å². The molecule has 4 N–H and O–H groups in total. The van der Waals surface area contributed by atoms with E-state index in [2.05, 4.69) is 16.0 Å². The molecular weight excluding hydrogens is 480 g/mol. The number of amides is 6. The molecular formula is C21H24N6O7S. The maximum atomic E-state index is 13.5. The minimum Gasteiger partial charge on any atom is -0.478 e. The number of hydrazine groups is 1. The zero-order chi connectivity index (χ0) is 25.5. The number of rotatable bonds is 9. The molecule has 4 rings (SSSR count). The van der Waals surface area contributed by atoms with Gasteiger partial charge in [-0.25, -0.2) is 19.6 Å². The number of benzene rings is 1. The summed E-state index contributed by atoms with van der Waals surface area (Å²) in [7, 11) is 0. The molecule has 4 atom stereocenters.